The largest absolute Gasteiger partial charge is 0.488 e. The first-order chi connectivity index (χ1) is 17.2. The summed E-state index contributed by atoms with van der Waals surface area (Å²) in [6.45, 7) is 15.1. The highest BCUT2D eigenvalue weighted by Crippen LogP contribution is 2.30. The van der Waals surface area contributed by atoms with E-state index in [1.54, 1.807) is 6.20 Å². The van der Waals surface area contributed by atoms with Gasteiger partial charge in [-0.2, -0.15) is 0 Å². The molecular formula is C26H40N8O. The highest BCUT2D eigenvalue weighted by Gasteiger charge is 2.26. The monoisotopic (exact) mass is 480 g/mol. The average molecular weight is 481 g/mol. The SMILES string of the molecule is C=N/C=C(\NCN1CCNCC1)Nc1ncc2cccc(OC3CCC(N(CC)CC)CC3)c2n1. The number of anilines is 1. The van der Waals surface area contributed by atoms with Gasteiger partial charge in [-0.05, 0) is 51.6 Å². The third-order valence-corrected chi connectivity index (χ3v) is 7.01. The predicted octanol–water partition coefficient (Wildman–Crippen LogP) is 3.03. The molecule has 35 heavy (non-hydrogen) atoms. The van der Waals surface area contributed by atoms with Crippen molar-refractivity contribution in [1.29, 1.82) is 0 Å². The molecule has 2 aliphatic rings. The molecule has 2 fully saturated rings. The summed E-state index contributed by atoms with van der Waals surface area (Å²) in [6, 6.07) is 6.72. The quantitative estimate of drug-likeness (QED) is 0.423. The maximum absolute atomic E-state index is 6.49. The molecule has 9 heteroatoms. The number of aromatic nitrogens is 2. The Balaban J connectivity index is 1.41. The second-order valence-electron chi connectivity index (χ2n) is 9.21. The van der Waals surface area contributed by atoms with E-state index in [0.717, 1.165) is 68.8 Å². The van der Waals surface area contributed by atoms with Gasteiger partial charge < -0.3 is 25.6 Å². The van der Waals surface area contributed by atoms with Crippen molar-refractivity contribution >= 4 is 23.6 Å². The van der Waals surface area contributed by atoms with Gasteiger partial charge in [0, 0.05) is 43.8 Å². The molecule has 190 valence electrons. The zero-order valence-electron chi connectivity index (χ0n) is 21.2. The summed E-state index contributed by atoms with van der Waals surface area (Å²) in [5.41, 5.74) is 0.823. The number of fused-ring (bicyclic) bond motifs is 1. The summed E-state index contributed by atoms with van der Waals surface area (Å²) in [5, 5.41) is 11.0. The smallest absolute Gasteiger partial charge is 0.229 e. The van der Waals surface area contributed by atoms with Gasteiger partial charge in [-0.3, -0.25) is 9.89 Å². The number of piperazine rings is 1. The highest BCUT2D eigenvalue weighted by molar-refractivity contribution is 5.84. The molecule has 1 aromatic heterocycles. The zero-order chi connectivity index (χ0) is 24.5. The third-order valence-electron chi connectivity index (χ3n) is 7.01. The van der Waals surface area contributed by atoms with Crippen LogP contribution in [-0.2, 0) is 0 Å². The normalized spacial score (nSPS) is 21.7. The molecule has 1 aliphatic carbocycles. The second-order valence-corrected chi connectivity index (χ2v) is 9.21. The van der Waals surface area contributed by atoms with E-state index in [1.165, 1.54) is 12.8 Å². The van der Waals surface area contributed by atoms with Crippen molar-refractivity contribution in [2.75, 3.05) is 51.3 Å². The number of rotatable bonds is 11. The van der Waals surface area contributed by atoms with Crippen molar-refractivity contribution in [2.45, 2.75) is 51.7 Å². The van der Waals surface area contributed by atoms with Crippen LogP contribution >= 0.6 is 0 Å². The first-order valence-corrected chi connectivity index (χ1v) is 13.0. The molecule has 2 heterocycles. The van der Waals surface area contributed by atoms with Gasteiger partial charge in [-0.1, -0.05) is 26.0 Å². The van der Waals surface area contributed by atoms with Crippen molar-refractivity contribution in [3.8, 4) is 5.75 Å². The fourth-order valence-electron chi connectivity index (χ4n) is 5.03. The number of hydrogen-bond donors (Lipinski definition) is 3. The number of nitrogens with zero attached hydrogens (tertiary/aromatic N) is 5. The molecule has 3 N–H and O–H groups in total. The Morgan fingerprint density at radius 2 is 2.00 bits per heavy atom. The minimum absolute atomic E-state index is 0.222. The number of ether oxygens (including phenoxy) is 1. The Kier molecular flexibility index (Phi) is 9.28. The highest BCUT2D eigenvalue weighted by atomic mass is 16.5. The van der Waals surface area contributed by atoms with Crippen LogP contribution in [0, 0.1) is 0 Å². The minimum atomic E-state index is 0.222. The van der Waals surface area contributed by atoms with Crippen molar-refractivity contribution in [2.24, 2.45) is 4.99 Å². The molecule has 1 saturated heterocycles. The van der Waals surface area contributed by atoms with E-state index >= 15 is 0 Å². The summed E-state index contributed by atoms with van der Waals surface area (Å²) in [5.74, 6) is 2.04. The first kappa shape index (κ1) is 25.3. The van der Waals surface area contributed by atoms with Crippen LogP contribution < -0.4 is 20.7 Å². The Bertz CT molecular complexity index is 978. The Labute approximate surface area is 209 Å². The molecule has 0 amide bonds. The van der Waals surface area contributed by atoms with Gasteiger partial charge in [0.1, 0.15) is 17.1 Å². The Morgan fingerprint density at radius 3 is 2.71 bits per heavy atom. The van der Waals surface area contributed by atoms with Crippen molar-refractivity contribution < 1.29 is 4.74 Å². The van der Waals surface area contributed by atoms with Gasteiger partial charge >= 0.3 is 0 Å². The predicted molar refractivity (Wildman–Crippen MR) is 143 cm³/mol. The van der Waals surface area contributed by atoms with Gasteiger partial charge in [-0.15, -0.1) is 0 Å². The molecule has 0 atom stereocenters. The lowest BCUT2D eigenvalue weighted by atomic mass is 9.91. The first-order valence-electron chi connectivity index (χ1n) is 13.0. The van der Waals surface area contributed by atoms with Gasteiger partial charge in [0.05, 0.1) is 19.0 Å². The van der Waals surface area contributed by atoms with E-state index in [-0.39, 0.29) is 6.10 Å². The maximum Gasteiger partial charge on any atom is 0.229 e. The topological polar surface area (TPSA) is 89.9 Å². The van der Waals surface area contributed by atoms with Crippen molar-refractivity contribution in [1.82, 2.24) is 30.4 Å². The molecule has 1 saturated carbocycles. The van der Waals surface area contributed by atoms with Crippen LogP contribution in [0.15, 0.2) is 41.4 Å². The Morgan fingerprint density at radius 1 is 1.23 bits per heavy atom. The molecule has 0 bridgehead atoms. The van der Waals surface area contributed by atoms with Gasteiger partial charge in [0.25, 0.3) is 0 Å². The van der Waals surface area contributed by atoms with E-state index in [0.29, 0.717) is 24.5 Å². The number of aliphatic imine (C=N–C) groups is 1. The van der Waals surface area contributed by atoms with E-state index in [2.05, 4.69) is 56.3 Å². The lowest BCUT2D eigenvalue weighted by molar-refractivity contribution is 0.0942. The van der Waals surface area contributed by atoms with Crippen molar-refractivity contribution in [3.63, 3.8) is 0 Å². The molecule has 0 spiro atoms. The number of para-hydroxylation sites is 1. The van der Waals surface area contributed by atoms with Gasteiger partial charge in [0.15, 0.2) is 0 Å². The molecule has 0 radical (unpaired) electrons. The molecule has 0 unspecified atom stereocenters. The zero-order valence-corrected chi connectivity index (χ0v) is 21.2. The van der Waals surface area contributed by atoms with Gasteiger partial charge in [-0.25, -0.2) is 9.97 Å². The van der Waals surface area contributed by atoms with Crippen LogP contribution in [0.2, 0.25) is 0 Å². The van der Waals surface area contributed by atoms with Gasteiger partial charge in [0.2, 0.25) is 5.95 Å². The van der Waals surface area contributed by atoms with Crippen molar-refractivity contribution in [3.05, 3.63) is 36.4 Å². The Hall–Kier alpha value is -2.75. The summed E-state index contributed by atoms with van der Waals surface area (Å²) < 4.78 is 6.49. The van der Waals surface area contributed by atoms with Crippen LogP contribution in [0.4, 0.5) is 5.95 Å². The van der Waals surface area contributed by atoms with Crippen LogP contribution in [-0.4, -0.2) is 84.6 Å². The number of hydrogen-bond acceptors (Lipinski definition) is 9. The fourth-order valence-corrected chi connectivity index (χ4v) is 5.03. The lowest BCUT2D eigenvalue weighted by Gasteiger charge is -2.35. The van der Waals surface area contributed by atoms with Crippen LogP contribution in [0.1, 0.15) is 39.5 Å². The van der Waals surface area contributed by atoms with Crippen LogP contribution in [0.3, 0.4) is 0 Å². The lowest BCUT2D eigenvalue weighted by Crippen LogP contribution is -2.47. The standard InChI is InChI=1S/C26H40N8O/c1-4-34(5-2)21-9-11-22(12-10-21)35-23-8-6-7-20-17-29-26(32-25(20)23)31-24(18-27-3)30-19-33-15-13-28-14-16-33/h6-8,17-18,21-22,28,30H,3-5,9-16,19H2,1-2H3,(H,29,31,32)/b24-18+. The van der Waals surface area contributed by atoms with Crippen LogP contribution in [0.5, 0.6) is 5.75 Å². The molecule has 9 nitrogen and oxygen atoms in total. The van der Waals surface area contributed by atoms with Crippen LogP contribution in [0.25, 0.3) is 10.9 Å². The van der Waals surface area contributed by atoms with E-state index in [4.69, 9.17) is 9.72 Å². The summed E-state index contributed by atoms with van der Waals surface area (Å²) in [4.78, 5) is 18.2. The second kappa shape index (κ2) is 12.8. The summed E-state index contributed by atoms with van der Waals surface area (Å²) in [6.07, 6.45) is 8.22. The molecule has 2 aromatic rings. The molecule has 1 aromatic carbocycles. The van der Waals surface area contributed by atoms with E-state index < -0.39 is 0 Å². The van der Waals surface area contributed by atoms with E-state index in [9.17, 15) is 0 Å². The minimum Gasteiger partial charge on any atom is -0.488 e. The molecular weight excluding hydrogens is 440 g/mol. The number of nitrogens with one attached hydrogen (secondary N) is 3. The molecule has 4 rings (SSSR count). The summed E-state index contributed by atoms with van der Waals surface area (Å²) in [7, 11) is 0. The molecule has 1 aliphatic heterocycles. The third kappa shape index (κ3) is 6.90. The van der Waals surface area contributed by atoms with E-state index in [1.807, 2.05) is 24.4 Å². The fraction of sp³-hybridized carbons (Fsp3) is 0.577. The summed E-state index contributed by atoms with van der Waals surface area (Å²) >= 11 is 0. The average Bonchev–Trinajstić information content (AvgIpc) is 2.90. The maximum atomic E-state index is 6.49. The number of benzene rings is 1.